The van der Waals surface area contributed by atoms with Crippen LogP contribution in [0.15, 0.2) is 48.0 Å². The molecule has 1 fully saturated rings. The zero-order valence-electron chi connectivity index (χ0n) is 15.6. The Bertz CT molecular complexity index is 1000. The van der Waals surface area contributed by atoms with E-state index in [1.54, 1.807) is 17.0 Å². The zero-order valence-corrected chi connectivity index (χ0v) is 16.4. The van der Waals surface area contributed by atoms with Gasteiger partial charge >= 0.3 is 0 Å². The molecule has 0 spiro atoms. The highest BCUT2D eigenvalue weighted by molar-refractivity contribution is 6.32. The maximum Gasteiger partial charge on any atom is 0.246 e. The number of phenolic OH excluding ortho intramolecular Hbond substituents is 1. The molecule has 6 heteroatoms. The molecule has 2 aliphatic heterocycles. The minimum absolute atomic E-state index is 0.0557. The molecule has 1 N–H and O–H groups in total. The molecular formula is C22H21ClN2O3. The lowest BCUT2D eigenvalue weighted by Gasteiger charge is -2.19. The highest BCUT2D eigenvalue weighted by Gasteiger charge is 2.28. The zero-order chi connectivity index (χ0) is 19.8. The summed E-state index contributed by atoms with van der Waals surface area (Å²) in [5.41, 5.74) is 4.94. The quantitative estimate of drug-likeness (QED) is 0.788. The van der Waals surface area contributed by atoms with Crippen LogP contribution in [0.3, 0.4) is 0 Å². The Labute approximate surface area is 168 Å². The molecule has 2 aromatic rings. The second-order valence-corrected chi connectivity index (χ2v) is 7.50. The maximum absolute atomic E-state index is 11.9. The Kier molecular flexibility index (Phi) is 4.85. The number of ether oxygens (including phenoxy) is 1. The van der Waals surface area contributed by atoms with Gasteiger partial charge in [0, 0.05) is 24.2 Å². The molecule has 2 heterocycles. The molecule has 2 aromatic carbocycles. The molecule has 4 rings (SSSR count). The Morgan fingerprint density at radius 2 is 2.18 bits per heavy atom. The molecule has 1 saturated heterocycles. The van der Waals surface area contributed by atoms with Crippen molar-refractivity contribution in [2.75, 3.05) is 13.1 Å². The van der Waals surface area contributed by atoms with Crippen LogP contribution in [0.1, 0.15) is 24.5 Å². The molecule has 2 aliphatic rings. The van der Waals surface area contributed by atoms with Gasteiger partial charge in [0.05, 0.1) is 18.1 Å². The van der Waals surface area contributed by atoms with Crippen LogP contribution in [0.5, 0.6) is 11.5 Å². The second-order valence-electron chi connectivity index (χ2n) is 7.09. The van der Waals surface area contributed by atoms with Crippen molar-refractivity contribution in [2.45, 2.75) is 26.0 Å². The number of aromatic hydroxyl groups is 1. The Hall–Kier alpha value is -2.79. The van der Waals surface area contributed by atoms with Crippen LogP contribution in [0.2, 0.25) is 5.02 Å². The van der Waals surface area contributed by atoms with Crippen LogP contribution in [-0.4, -0.2) is 40.8 Å². The topological polar surface area (TPSA) is 62.1 Å². The highest BCUT2D eigenvalue weighted by atomic mass is 35.5. The average Bonchev–Trinajstić information content (AvgIpc) is 3.30. The van der Waals surface area contributed by atoms with E-state index in [1.165, 1.54) is 6.08 Å². The van der Waals surface area contributed by atoms with Gasteiger partial charge < -0.3 is 14.7 Å². The summed E-state index contributed by atoms with van der Waals surface area (Å²) in [5.74, 6) is 0.759. The lowest BCUT2D eigenvalue weighted by Crippen LogP contribution is -2.29. The molecule has 144 valence electrons. The molecule has 0 aliphatic carbocycles. The van der Waals surface area contributed by atoms with Crippen LogP contribution in [-0.2, 0) is 11.3 Å². The van der Waals surface area contributed by atoms with Crippen molar-refractivity contribution in [3.8, 4) is 22.6 Å². The third-order valence-electron chi connectivity index (χ3n) is 5.24. The predicted octanol–water partition coefficient (Wildman–Crippen LogP) is 4.20. The smallest absolute Gasteiger partial charge is 0.246 e. The van der Waals surface area contributed by atoms with Crippen molar-refractivity contribution in [1.82, 2.24) is 4.90 Å². The van der Waals surface area contributed by atoms with Crippen LogP contribution < -0.4 is 4.74 Å². The minimum atomic E-state index is -0.0694. The molecular weight excluding hydrogens is 376 g/mol. The molecule has 0 unspecified atom stereocenters. The van der Waals surface area contributed by atoms with Crippen molar-refractivity contribution in [1.29, 1.82) is 0 Å². The summed E-state index contributed by atoms with van der Waals surface area (Å²) >= 11 is 6.09. The number of fused-ring (bicyclic) bond motifs is 1. The van der Waals surface area contributed by atoms with E-state index in [-0.39, 0.29) is 17.8 Å². The number of aliphatic imine (C=N–C) groups is 1. The highest BCUT2D eigenvalue weighted by Crippen LogP contribution is 2.37. The molecule has 28 heavy (non-hydrogen) atoms. The number of hydrogen-bond donors (Lipinski definition) is 1. The average molecular weight is 397 g/mol. The van der Waals surface area contributed by atoms with Crippen LogP contribution in [0.4, 0.5) is 0 Å². The van der Waals surface area contributed by atoms with Crippen molar-refractivity contribution in [2.24, 2.45) is 4.99 Å². The standard InChI is InChI=1S/C22H21ClN2O3/c1-3-21(27)25-7-6-17(12-25)28-20-10-15(8-16-11-24-13(2)22(16)20)14-4-5-19(26)18(23)9-14/h3-5,8-10,17,26H,1,6-7,11-12H2,2H3/t17-/m0/s1. The summed E-state index contributed by atoms with van der Waals surface area (Å²) in [4.78, 5) is 18.2. The maximum atomic E-state index is 11.9. The van der Waals surface area contributed by atoms with Gasteiger partial charge in [0.15, 0.2) is 0 Å². The number of rotatable bonds is 4. The fourth-order valence-electron chi connectivity index (χ4n) is 3.77. The number of likely N-dealkylation sites (tertiary alicyclic amines) is 1. The van der Waals surface area contributed by atoms with Gasteiger partial charge in [0.25, 0.3) is 0 Å². The molecule has 0 aromatic heterocycles. The second kappa shape index (κ2) is 7.32. The van der Waals surface area contributed by atoms with Gasteiger partial charge in [0.2, 0.25) is 5.91 Å². The van der Waals surface area contributed by atoms with E-state index < -0.39 is 0 Å². The normalized spacial score (nSPS) is 18.0. The molecule has 0 bridgehead atoms. The lowest BCUT2D eigenvalue weighted by atomic mass is 9.97. The summed E-state index contributed by atoms with van der Waals surface area (Å²) in [5, 5.41) is 10.0. The van der Waals surface area contributed by atoms with Gasteiger partial charge in [-0.3, -0.25) is 9.79 Å². The first-order valence-electron chi connectivity index (χ1n) is 9.21. The summed E-state index contributed by atoms with van der Waals surface area (Å²) in [6.07, 6.45) is 2.05. The number of amides is 1. The van der Waals surface area contributed by atoms with E-state index in [0.717, 1.165) is 40.1 Å². The van der Waals surface area contributed by atoms with Crippen molar-refractivity contribution in [3.05, 3.63) is 59.1 Å². The summed E-state index contributed by atoms with van der Waals surface area (Å²) in [7, 11) is 0. The third-order valence-corrected chi connectivity index (χ3v) is 5.54. The van der Waals surface area contributed by atoms with E-state index in [1.807, 2.05) is 19.1 Å². The van der Waals surface area contributed by atoms with Crippen LogP contribution in [0.25, 0.3) is 11.1 Å². The van der Waals surface area contributed by atoms with Gasteiger partial charge in [-0.2, -0.15) is 0 Å². The van der Waals surface area contributed by atoms with E-state index >= 15 is 0 Å². The number of benzene rings is 2. The summed E-state index contributed by atoms with van der Waals surface area (Å²) in [6, 6.07) is 9.24. The number of carbonyl (C=O) groups excluding carboxylic acids is 1. The van der Waals surface area contributed by atoms with Gasteiger partial charge in [0.1, 0.15) is 17.6 Å². The van der Waals surface area contributed by atoms with E-state index in [2.05, 4.69) is 17.6 Å². The number of hydrogen-bond acceptors (Lipinski definition) is 4. The third kappa shape index (κ3) is 3.38. The Morgan fingerprint density at radius 1 is 1.36 bits per heavy atom. The Balaban J connectivity index is 1.67. The number of carbonyl (C=O) groups is 1. The fourth-order valence-corrected chi connectivity index (χ4v) is 3.95. The number of nitrogens with zero attached hydrogens (tertiary/aromatic N) is 2. The summed E-state index contributed by atoms with van der Waals surface area (Å²) < 4.78 is 6.34. The van der Waals surface area contributed by atoms with Crippen molar-refractivity contribution >= 4 is 23.2 Å². The van der Waals surface area contributed by atoms with E-state index in [0.29, 0.717) is 24.7 Å². The van der Waals surface area contributed by atoms with Crippen LogP contribution >= 0.6 is 11.6 Å². The van der Waals surface area contributed by atoms with Gasteiger partial charge in [-0.1, -0.05) is 24.2 Å². The summed E-state index contributed by atoms with van der Waals surface area (Å²) in [6.45, 7) is 7.36. The molecule has 1 amide bonds. The van der Waals surface area contributed by atoms with Gasteiger partial charge in [-0.15, -0.1) is 0 Å². The molecule has 0 saturated carbocycles. The largest absolute Gasteiger partial charge is 0.506 e. The first-order chi connectivity index (χ1) is 13.5. The van der Waals surface area contributed by atoms with Gasteiger partial charge in [-0.25, -0.2) is 0 Å². The van der Waals surface area contributed by atoms with Crippen LogP contribution in [0, 0.1) is 0 Å². The molecule has 0 radical (unpaired) electrons. The van der Waals surface area contributed by atoms with E-state index in [9.17, 15) is 9.90 Å². The number of halogens is 1. The monoisotopic (exact) mass is 396 g/mol. The van der Waals surface area contributed by atoms with Crippen molar-refractivity contribution in [3.63, 3.8) is 0 Å². The first-order valence-corrected chi connectivity index (χ1v) is 9.59. The SMILES string of the molecule is C=CC(=O)N1CC[C@H](Oc2cc(-c3ccc(O)c(Cl)c3)cc3c2C(C)=NC3)C1. The Morgan fingerprint density at radius 3 is 2.93 bits per heavy atom. The van der Waals surface area contributed by atoms with Crippen molar-refractivity contribution < 1.29 is 14.6 Å². The van der Waals surface area contributed by atoms with Gasteiger partial charge in [-0.05, 0) is 54.0 Å². The fraction of sp³-hybridized carbons (Fsp3) is 0.273. The van der Waals surface area contributed by atoms with E-state index in [4.69, 9.17) is 16.3 Å². The molecule has 5 nitrogen and oxygen atoms in total. The lowest BCUT2D eigenvalue weighted by molar-refractivity contribution is -0.125. The predicted molar refractivity (Wildman–Crippen MR) is 110 cm³/mol. The molecule has 1 atom stereocenters. The number of phenols is 1. The minimum Gasteiger partial charge on any atom is -0.506 e. The first kappa shape index (κ1) is 18.6.